The molecule has 220 valence electrons. The second-order valence-electron chi connectivity index (χ2n) is 12.8. The van der Waals surface area contributed by atoms with Gasteiger partial charge in [0.15, 0.2) is 0 Å². The fourth-order valence-electron chi connectivity index (χ4n) is 8.42. The molecule has 7 aromatic rings. The van der Waals surface area contributed by atoms with Gasteiger partial charge in [-0.05, 0) is 96.6 Å². The van der Waals surface area contributed by atoms with Crippen molar-refractivity contribution in [2.75, 3.05) is 0 Å². The summed E-state index contributed by atoms with van der Waals surface area (Å²) in [5.41, 5.74) is 8.90. The highest BCUT2D eigenvalue weighted by atomic mass is 15.0. The minimum absolute atomic E-state index is 0.310. The van der Waals surface area contributed by atoms with Crippen molar-refractivity contribution in [3.8, 4) is 11.1 Å². The Labute approximate surface area is 273 Å². The molecule has 0 aliphatic heterocycles. The van der Waals surface area contributed by atoms with Crippen molar-refractivity contribution in [3.05, 3.63) is 169 Å². The van der Waals surface area contributed by atoms with E-state index in [1.165, 1.54) is 87.1 Å². The summed E-state index contributed by atoms with van der Waals surface area (Å²) < 4.78 is 2.42. The number of benzene rings is 6. The third-order valence-corrected chi connectivity index (χ3v) is 10.4. The van der Waals surface area contributed by atoms with Crippen LogP contribution in [0.4, 0.5) is 0 Å². The number of hydrogen-bond acceptors (Lipinski definition) is 0. The maximum Gasteiger partial charge on any atom is 0.0548 e. The van der Waals surface area contributed by atoms with Gasteiger partial charge in [0, 0.05) is 28.0 Å². The molecule has 3 aliphatic carbocycles. The van der Waals surface area contributed by atoms with E-state index in [9.17, 15) is 0 Å². The monoisotopic (exact) mass is 597 g/mol. The maximum absolute atomic E-state index is 4.32. The molecule has 10 rings (SSSR count). The van der Waals surface area contributed by atoms with Gasteiger partial charge in [-0.3, -0.25) is 0 Å². The summed E-state index contributed by atoms with van der Waals surface area (Å²) in [7, 11) is 0. The quantitative estimate of drug-likeness (QED) is 0.174. The lowest BCUT2D eigenvalue weighted by atomic mass is 9.85. The van der Waals surface area contributed by atoms with Crippen molar-refractivity contribution < 1.29 is 0 Å². The summed E-state index contributed by atoms with van der Waals surface area (Å²) in [6.07, 6.45) is 18.7. The van der Waals surface area contributed by atoms with Gasteiger partial charge >= 0.3 is 0 Å². The van der Waals surface area contributed by atoms with Crippen molar-refractivity contribution in [3.63, 3.8) is 0 Å². The number of nitrogens with zero attached hydrogens (tertiary/aromatic N) is 1. The Bertz CT molecular complexity index is 2780. The van der Waals surface area contributed by atoms with E-state index in [0.717, 1.165) is 12.1 Å². The lowest BCUT2D eigenvalue weighted by molar-refractivity contribution is 0.866. The number of fused-ring (bicyclic) bond motifs is 4. The Kier molecular flexibility index (Phi) is 5.62. The third-order valence-electron chi connectivity index (χ3n) is 10.4. The molecule has 0 fully saturated rings. The van der Waals surface area contributed by atoms with Crippen LogP contribution in [0.2, 0.25) is 0 Å². The van der Waals surface area contributed by atoms with Gasteiger partial charge in [-0.1, -0.05) is 134 Å². The summed E-state index contributed by atoms with van der Waals surface area (Å²) in [6, 6.07) is 40.3. The molecule has 0 bridgehead atoms. The van der Waals surface area contributed by atoms with Crippen LogP contribution in [-0.2, 0) is 0 Å². The molecule has 1 nitrogen and oxygen atoms in total. The summed E-state index contributed by atoms with van der Waals surface area (Å²) in [5, 5.41) is 13.2. The zero-order chi connectivity index (χ0) is 31.1. The van der Waals surface area contributed by atoms with Gasteiger partial charge in [-0.15, -0.1) is 0 Å². The zero-order valence-corrected chi connectivity index (χ0v) is 25.9. The van der Waals surface area contributed by atoms with Crippen LogP contribution < -0.4 is 0 Å². The van der Waals surface area contributed by atoms with Crippen molar-refractivity contribution in [2.45, 2.75) is 12.3 Å². The van der Waals surface area contributed by atoms with E-state index in [-0.39, 0.29) is 0 Å². The van der Waals surface area contributed by atoms with Crippen molar-refractivity contribution >= 4 is 76.7 Å². The minimum Gasteiger partial charge on any atom is -0.309 e. The van der Waals surface area contributed by atoms with Crippen LogP contribution in [0.3, 0.4) is 0 Å². The molecule has 0 radical (unpaired) electrons. The van der Waals surface area contributed by atoms with Crippen molar-refractivity contribution in [1.29, 1.82) is 0 Å². The summed E-state index contributed by atoms with van der Waals surface area (Å²) in [6.45, 7) is 4.32. The third kappa shape index (κ3) is 3.71. The zero-order valence-electron chi connectivity index (χ0n) is 25.9. The molecule has 0 N–H and O–H groups in total. The van der Waals surface area contributed by atoms with Crippen LogP contribution in [0, 0.1) is 0 Å². The highest BCUT2D eigenvalue weighted by Gasteiger charge is 2.30. The Balaban J connectivity index is 1.30. The second-order valence-corrected chi connectivity index (χ2v) is 12.8. The highest BCUT2D eigenvalue weighted by Crippen LogP contribution is 2.55. The fraction of sp³-hybridized carbons (Fsp3) is 0.0435. The van der Waals surface area contributed by atoms with Crippen LogP contribution in [-0.4, -0.2) is 4.57 Å². The molecule has 0 saturated carbocycles. The summed E-state index contributed by atoms with van der Waals surface area (Å²) >= 11 is 0. The fourth-order valence-corrected chi connectivity index (χ4v) is 8.42. The second kappa shape index (κ2) is 10.0. The van der Waals surface area contributed by atoms with Crippen molar-refractivity contribution in [2.24, 2.45) is 0 Å². The number of aromatic nitrogens is 1. The number of rotatable bonds is 5. The van der Waals surface area contributed by atoms with E-state index in [1.807, 2.05) is 6.08 Å². The minimum atomic E-state index is 0.310. The molecular weight excluding hydrogens is 567 g/mol. The predicted octanol–water partition coefficient (Wildman–Crippen LogP) is 12.7. The molecule has 47 heavy (non-hydrogen) atoms. The molecular formula is C46H31N. The Morgan fingerprint density at radius 2 is 1.38 bits per heavy atom. The van der Waals surface area contributed by atoms with E-state index < -0.39 is 0 Å². The summed E-state index contributed by atoms with van der Waals surface area (Å²) in [4.78, 5) is 0. The molecule has 3 aliphatic rings. The van der Waals surface area contributed by atoms with Crippen molar-refractivity contribution in [1.82, 2.24) is 4.57 Å². The number of hydrogen-bond donors (Lipinski definition) is 0. The Morgan fingerprint density at radius 1 is 0.638 bits per heavy atom. The molecule has 1 aromatic heterocycles. The smallest absolute Gasteiger partial charge is 0.0548 e. The first kappa shape index (κ1) is 26.3. The molecule has 1 heterocycles. The van der Waals surface area contributed by atoms with Crippen LogP contribution in [0.5, 0.6) is 0 Å². The number of allylic oxidation sites excluding steroid dienone is 8. The van der Waals surface area contributed by atoms with Crippen LogP contribution in [0.15, 0.2) is 158 Å². The highest BCUT2D eigenvalue weighted by molar-refractivity contribution is 6.37. The molecule has 1 heteroatoms. The average molecular weight is 598 g/mol. The van der Waals surface area contributed by atoms with Gasteiger partial charge in [-0.25, -0.2) is 0 Å². The van der Waals surface area contributed by atoms with Crippen LogP contribution in [0.1, 0.15) is 23.5 Å². The van der Waals surface area contributed by atoms with Gasteiger partial charge in [0.1, 0.15) is 0 Å². The van der Waals surface area contributed by atoms with Gasteiger partial charge in [0.05, 0.1) is 11.0 Å². The Hall–Kier alpha value is -5.92. The SMILES string of the molecule is C=C/C(=C\C=C\c1ccc2ccccc2c1)n1c2ccc3c4c2c2c5c(cccc5c(C5C=CC=CC5)c-4c4ccccc43)ccc21. The molecule has 1 unspecified atom stereocenters. The largest absolute Gasteiger partial charge is 0.309 e. The van der Waals surface area contributed by atoms with E-state index in [1.54, 1.807) is 0 Å². The van der Waals surface area contributed by atoms with E-state index in [2.05, 4.69) is 163 Å². The van der Waals surface area contributed by atoms with Gasteiger partial charge in [0.25, 0.3) is 0 Å². The molecule has 6 aromatic carbocycles. The normalized spacial score (nSPS) is 15.7. The standard InChI is InChI=1S/C46H31N/c1-2-34(18-10-12-29-22-23-30-13-6-7-16-33(30)28-29)47-39-26-24-32-17-11-21-38-41(31-14-4-3-5-15-31)43-36-20-9-8-19-35(36)37-25-27-40(47)46(44(37)43)45(39)42(32)38/h2-14,16-28,31H,1,15H2/b12-10+,34-18+. The molecule has 0 saturated heterocycles. The average Bonchev–Trinajstić information content (AvgIpc) is 3.59. The lowest BCUT2D eigenvalue weighted by Gasteiger charge is -2.19. The topological polar surface area (TPSA) is 4.93 Å². The molecule has 0 amide bonds. The van der Waals surface area contributed by atoms with Gasteiger partial charge in [-0.2, -0.15) is 0 Å². The van der Waals surface area contributed by atoms with Gasteiger partial charge in [0.2, 0.25) is 0 Å². The van der Waals surface area contributed by atoms with E-state index >= 15 is 0 Å². The maximum atomic E-state index is 4.32. The molecule has 0 spiro atoms. The van der Waals surface area contributed by atoms with Gasteiger partial charge < -0.3 is 4.57 Å². The first-order chi connectivity index (χ1) is 23.3. The predicted molar refractivity (Wildman–Crippen MR) is 204 cm³/mol. The lowest BCUT2D eigenvalue weighted by Crippen LogP contribution is -1.99. The molecule has 1 atom stereocenters. The summed E-state index contributed by atoms with van der Waals surface area (Å²) in [5.74, 6) is 0.310. The van der Waals surface area contributed by atoms with Crippen LogP contribution >= 0.6 is 0 Å². The van der Waals surface area contributed by atoms with E-state index in [4.69, 9.17) is 0 Å². The Morgan fingerprint density at radius 3 is 2.26 bits per heavy atom. The first-order valence-electron chi connectivity index (χ1n) is 16.5. The van der Waals surface area contributed by atoms with E-state index in [0.29, 0.717) is 5.92 Å². The first-order valence-corrected chi connectivity index (χ1v) is 16.5. The van der Waals surface area contributed by atoms with Crippen LogP contribution in [0.25, 0.3) is 87.8 Å².